The highest BCUT2D eigenvalue weighted by atomic mass is 16.2. The average molecular weight is 253 g/mol. The van der Waals surface area contributed by atoms with Crippen LogP contribution in [0.25, 0.3) is 0 Å². The fourth-order valence-corrected chi connectivity index (χ4v) is 2.99. The molecule has 0 unspecified atom stereocenters. The van der Waals surface area contributed by atoms with Gasteiger partial charge in [0.2, 0.25) is 5.91 Å². The number of piperazine rings is 1. The number of carbonyl (C=O) groups is 1. The van der Waals surface area contributed by atoms with E-state index >= 15 is 0 Å². The lowest BCUT2D eigenvalue weighted by atomic mass is 9.86. The SMILES string of the molecule is C[C@@H]1CCCC[C@@H]1NC(=O)CN1CCN(C)CC1. The maximum Gasteiger partial charge on any atom is 0.234 e. The zero-order valence-electron chi connectivity index (χ0n) is 11.8. The molecule has 1 saturated heterocycles. The Bertz CT molecular complexity index is 274. The highest BCUT2D eigenvalue weighted by molar-refractivity contribution is 5.78. The van der Waals surface area contributed by atoms with Crippen molar-refractivity contribution in [2.45, 2.75) is 38.6 Å². The highest BCUT2D eigenvalue weighted by Gasteiger charge is 2.24. The molecule has 0 bridgehead atoms. The van der Waals surface area contributed by atoms with Gasteiger partial charge in [-0.2, -0.15) is 0 Å². The summed E-state index contributed by atoms with van der Waals surface area (Å²) in [5.74, 6) is 0.869. The topological polar surface area (TPSA) is 35.6 Å². The Kier molecular flexibility index (Phi) is 5.01. The van der Waals surface area contributed by atoms with Crippen LogP contribution in [-0.4, -0.2) is 61.5 Å². The van der Waals surface area contributed by atoms with E-state index in [1.165, 1.54) is 19.3 Å². The lowest BCUT2D eigenvalue weighted by Crippen LogP contribution is -2.50. The highest BCUT2D eigenvalue weighted by Crippen LogP contribution is 2.23. The fraction of sp³-hybridized carbons (Fsp3) is 0.929. The summed E-state index contributed by atoms with van der Waals surface area (Å²) in [6.45, 7) is 7.03. The summed E-state index contributed by atoms with van der Waals surface area (Å²) >= 11 is 0. The van der Waals surface area contributed by atoms with Crippen LogP contribution in [0.4, 0.5) is 0 Å². The van der Waals surface area contributed by atoms with Crippen LogP contribution < -0.4 is 5.32 Å². The minimum atomic E-state index is 0.221. The number of likely N-dealkylation sites (N-methyl/N-ethyl adjacent to an activating group) is 1. The standard InChI is InChI=1S/C14H27N3O/c1-12-5-3-4-6-13(12)15-14(18)11-17-9-7-16(2)8-10-17/h12-13H,3-11H2,1-2H3,(H,15,18)/t12-,13+/m1/s1. The van der Waals surface area contributed by atoms with Gasteiger partial charge in [-0.1, -0.05) is 19.8 Å². The van der Waals surface area contributed by atoms with Crippen molar-refractivity contribution in [2.75, 3.05) is 39.8 Å². The molecular weight excluding hydrogens is 226 g/mol. The largest absolute Gasteiger partial charge is 0.352 e. The number of nitrogens with one attached hydrogen (secondary N) is 1. The minimum Gasteiger partial charge on any atom is -0.352 e. The maximum atomic E-state index is 12.0. The van der Waals surface area contributed by atoms with E-state index in [9.17, 15) is 4.79 Å². The van der Waals surface area contributed by atoms with Gasteiger partial charge in [0.1, 0.15) is 0 Å². The Morgan fingerprint density at radius 2 is 1.83 bits per heavy atom. The summed E-state index contributed by atoms with van der Waals surface area (Å²) in [7, 11) is 2.14. The van der Waals surface area contributed by atoms with Gasteiger partial charge in [-0.15, -0.1) is 0 Å². The summed E-state index contributed by atoms with van der Waals surface area (Å²) in [6.07, 6.45) is 5.02. The van der Waals surface area contributed by atoms with E-state index in [0.29, 0.717) is 18.5 Å². The molecule has 2 atom stereocenters. The van der Waals surface area contributed by atoms with Crippen molar-refractivity contribution in [1.82, 2.24) is 15.1 Å². The average Bonchev–Trinajstić information content (AvgIpc) is 2.35. The van der Waals surface area contributed by atoms with Gasteiger partial charge in [0.25, 0.3) is 0 Å². The van der Waals surface area contributed by atoms with Crippen LogP contribution in [0.15, 0.2) is 0 Å². The second-order valence-corrected chi connectivity index (χ2v) is 6.02. The molecule has 2 fully saturated rings. The molecule has 4 heteroatoms. The van der Waals surface area contributed by atoms with Gasteiger partial charge in [-0.3, -0.25) is 9.69 Å². The molecule has 0 spiro atoms. The predicted molar refractivity (Wildman–Crippen MR) is 73.5 cm³/mol. The number of amides is 1. The molecule has 1 heterocycles. The van der Waals surface area contributed by atoms with E-state index in [-0.39, 0.29) is 5.91 Å². The van der Waals surface area contributed by atoms with Crippen LogP contribution in [0.1, 0.15) is 32.6 Å². The molecule has 2 rings (SSSR count). The number of rotatable bonds is 3. The molecule has 104 valence electrons. The molecule has 1 aliphatic carbocycles. The molecule has 0 aromatic rings. The lowest BCUT2D eigenvalue weighted by molar-refractivity contribution is -0.123. The minimum absolute atomic E-state index is 0.221. The molecule has 0 aromatic heterocycles. The number of hydrogen-bond acceptors (Lipinski definition) is 3. The Morgan fingerprint density at radius 3 is 2.50 bits per heavy atom. The van der Waals surface area contributed by atoms with Crippen LogP contribution in [0.3, 0.4) is 0 Å². The van der Waals surface area contributed by atoms with E-state index in [1.807, 2.05) is 0 Å². The van der Waals surface area contributed by atoms with Gasteiger partial charge >= 0.3 is 0 Å². The van der Waals surface area contributed by atoms with Crippen molar-refractivity contribution in [3.63, 3.8) is 0 Å². The quantitative estimate of drug-likeness (QED) is 0.813. The zero-order valence-corrected chi connectivity index (χ0v) is 11.8. The summed E-state index contributed by atoms with van der Waals surface area (Å²) in [6, 6.07) is 0.415. The maximum absolute atomic E-state index is 12.0. The molecule has 1 amide bonds. The van der Waals surface area contributed by atoms with Crippen molar-refractivity contribution in [3.05, 3.63) is 0 Å². The fourth-order valence-electron chi connectivity index (χ4n) is 2.99. The smallest absolute Gasteiger partial charge is 0.234 e. The molecule has 18 heavy (non-hydrogen) atoms. The second-order valence-electron chi connectivity index (χ2n) is 6.02. The van der Waals surface area contributed by atoms with Crippen LogP contribution in [-0.2, 0) is 4.79 Å². The van der Waals surface area contributed by atoms with Gasteiger partial charge in [0, 0.05) is 32.2 Å². The molecule has 4 nitrogen and oxygen atoms in total. The molecule has 2 aliphatic rings. The Labute approximate surface area is 111 Å². The first-order valence-electron chi connectivity index (χ1n) is 7.35. The third-order valence-electron chi connectivity index (χ3n) is 4.42. The Hall–Kier alpha value is -0.610. The van der Waals surface area contributed by atoms with Gasteiger partial charge in [-0.05, 0) is 25.8 Å². The monoisotopic (exact) mass is 253 g/mol. The van der Waals surface area contributed by atoms with Crippen LogP contribution in [0.5, 0.6) is 0 Å². The lowest BCUT2D eigenvalue weighted by Gasteiger charge is -2.33. The number of hydrogen-bond donors (Lipinski definition) is 1. The first-order valence-corrected chi connectivity index (χ1v) is 7.35. The predicted octanol–water partition coefficient (Wildman–Crippen LogP) is 0.929. The Morgan fingerprint density at radius 1 is 1.17 bits per heavy atom. The van der Waals surface area contributed by atoms with Gasteiger partial charge in [0.05, 0.1) is 6.54 Å². The third kappa shape index (κ3) is 3.95. The van der Waals surface area contributed by atoms with Gasteiger partial charge in [-0.25, -0.2) is 0 Å². The van der Waals surface area contributed by atoms with Crippen molar-refractivity contribution in [2.24, 2.45) is 5.92 Å². The first-order chi connectivity index (χ1) is 8.65. The third-order valence-corrected chi connectivity index (χ3v) is 4.42. The van der Waals surface area contributed by atoms with Crippen LogP contribution in [0, 0.1) is 5.92 Å². The van der Waals surface area contributed by atoms with Crippen molar-refractivity contribution in [1.29, 1.82) is 0 Å². The van der Waals surface area contributed by atoms with E-state index < -0.39 is 0 Å². The van der Waals surface area contributed by atoms with Gasteiger partial charge < -0.3 is 10.2 Å². The molecule has 0 radical (unpaired) electrons. The second kappa shape index (κ2) is 6.53. The summed E-state index contributed by atoms with van der Waals surface area (Å²) < 4.78 is 0. The molecule has 0 aromatic carbocycles. The van der Waals surface area contributed by atoms with E-state index in [1.54, 1.807) is 0 Å². The van der Waals surface area contributed by atoms with E-state index in [4.69, 9.17) is 0 Å². The molecule has 1 N–H and O–H groups in total. The normalized spacial score (nSPS) is 31.2. The molecule has 1 aliphatic heterocycles. The van der Waals surface area contributed by atoms with Gasteiger partial charge in [0.15, 0.2) is 0 Å². The number of nitrogens with zero attached hydrogens (tertiary/aromatic N) is 2. The molecular formula is C14H27N3O. The first kappa shape index (κ1) is 13.8. The number of carbonyl (C=O) groups excluding carboxylic acids is 1. The molecule has 1 saturated carbocycles. The summed E-state index contributed by atoms with van der Waals surface area (Å²) in [5, 5.41) is 3.23. The summed E-state index contributed by atoms with van der Waals surface area (Å²) in [4.78, 5) is 16.6. The van der Waals surface area contributed by atoms with Crippen molar-refractivity contribution >= 4 is 5.91 Å². The Balaban J connectivity index is 1.71. The van der Waals surface area contributed by atoms with Crippen molar-refractivity contribution in [3.8, 4) is 0 Å². The van der Waals surface area contributed by atoms with E-state index in [2.05, 4.69) is 29.1 Å². The van der Waals surface area contributed by atoms with E-state index in [0.717, 1.165) is 32.6 Å². The zero-order chi connectivity index (χ0) is 13.0. The summed E-state index contributed by atoms with van der Waals surface area (Å²) in [5.41, 5.74) is 0. The van der Waals surface area contributed by atoms with Crippen molar-refractivity contribution < 1.29 is 4.79 Å². The van der Waals surface area contributed by atoms with Crippen LogP contribution >= 0.6 is 0 Å². The van der Waals surface area contributed by atoms with Crippen LogP contribution in [0.2, 0.25) is 0 Å².